The lowest BCUT2D eigenvalue weighted by Gasteiger charge is -2.40. The van der Waals surface area contributed by atoms with Gasteiger partial charge in [0.1, 0.15) is 17.1 Å². The van der Waals surface area contributed by atoms with E-state index in [4.69, 9.17) is 9.51 Å². The highest BCUT2D eigenvalue weighted by molar-refractivity contribution is 9.10. The summed E-state index contributed by atoms with van der Waals surface area (Å²) in [5, 5.41) is 6.65. The monoisotopic (exact) mass is 820 g/mol. The summed E-state index contributed by atoms with van der Waals surface area (Å²) in [6, 6.07) is 19.2. The van der Waals surface area contributed by atoms with Crippen LogP contribution in [0.4, 0.5) is 17.1 Å². The number of H-pyrrole nitrogens is 1. The van der Waals surface area contributed by atoms with E-state index in [-0.39, 0.29) is 17.7 Å². The predicted octanol–water partition coefficient (Wildman–Crippen LogP) is 5.56. The van der Waals surface area contributed by atoms with Crippen LogP contribution in [0.5, 0.6) is 0 Å². The Morgan fingerprint density at radius 2 is 1.46 bits per heavy atom. The molecule has 14 heteroatoms. The number of anilines is 3. The van der Waals surface area contributed by atoms with Gasteiger partial charge in [-0.15, -0.1) is 0 Å². The number of carbonyl (C=O) groups excluding carboxylic acids is 2. The Balaban J connectivity index is 0.752. The third kappa shape index (κ3) is 7.91. The van der Waals surface area contributed by atoms with Crippen molar-refractivity contribution < 1.29 is 14.1 Å². The zero-order chi connectivity index (χ0) is 38.2. The van der Waals surface area contributed by atoms with Crippen molar-refractivity contribution in [3.05, 3.63) is 82.3 Å². The smallest absolute Gasteiger partial charge is 0.234 e. The molecule has 3 aromatic heterocycles. The van der Waals surface area contributed by atoms with E-state index in [0.29, 0.717) is 18.8 Å². The van der Waals surface area contributed by atoms with Crippen molar-refractivity contribution in [2.45, 2.75) is 45.1 Å². The summed E-state index contributed by atoms with van der Waals surface area (Å²) in [6.45, 7) is 13.9. The second-order valence-electron chi connectivity index (χ2n) is 15.8. The molecule has 4 saturated heterocycles. The first-order chi connectivity index (χ1) is 27.3. The lowest BCUT2D eigenvalue weighted by Crippen LogP contribution is -2.49. The zero-order valence-corrected chi connectivity index (χ0v) is 33.5. The number of imidazole rings is 1. The lowest BCUT2D eigenvalue weighted by molar-refractivity contribution is -0.134. The van der Waals surface area contributed by atoms with Gasteiger partial charge in [0.15, 0.2) is 5.65 Å². The molecule has 2 aromatic carbocycles. The number of hydrogen-bond donors (Lipinski definition) is 2. The SMILES string of the molecule is Cc1cc(CN2CCN(c3c(Br)cnc4nc(-c5ccc(N6CCN(CC7CCN(c8ccc([C@H]9CCC(=O)NC9=O)cc8)CC7)CC6)cc5)[nH]c34)CC2)no1. The van der Waals surface area contributed by atoms with E-state index >= 15 is 0 Å². The largest absolute Gasteiger partial charge is 0.372 e. The number of halogens is 1. The molecule has 0 unspecified atom stereocenters. The van der Waals surface area contributed by atoms with Crippen molar-refractivity contribution in [1.29, 1.82) is 0 Å². The van der Waals surface area contributed by atoms with Crippen molar-refractivity contribution in [3.8, 4) is 11.4 Å². The number of nitrogens with zero attached hydrogens (tertiary/aromatic N) is 8. The van der Waals surface area contributed by atoms with Crippen LogP contribution in [0.1, 0.15) is 48.6 Å². The number of amides is 2. The Bertz CT molecular complexity index is 2160. The van der Waals surface area contributed by atoms with E-state index in [1.54, 1.807) is 0 Å². The third-order valence-corrected chi connectivity index (χ3v) is 12.7. The molecule has 2 N–H and O–H groups in total. The Morgan fingerprint density at radius 3 is 2.14 bits per heavy atom. The fraction of sp³-hybridized carbons (Fsp3) is 0.452. The molecule has 0 spiro atoms. The van der Waals surface area contributed by atoms with Gasteiger partial charge in [-0.2, -0.15) is 0 Å². The second-order valence-corrected chi connectivity index (χ2v) is 16.6. The Morgan fingerprint density at radius 1 is 0.804 bits per heavy atom. The average molecular weight is 822 g/mol. The summed E-state index contributed by atoms with van der Waals surface area (Å²) in [6.07, 6.45) is 5.24. The highest BCUT2D eigenvalue weighted by Gasteiger charge is 2.29. The first kappa shape index (κ1) is 36.8. The van der Waals surface area contributed by atoms with Crippen LogP contribution in [-0.4, -0.2) is 114 Å². The molecule has 0 aliphatic carbocycles. The van der Waals surface area contributed by atoms with Crippen LogP contribution in [0.25, 0.3) is 22.6 Å². The molecule has 0 saturated carbocycles. The van der Waals surface area contributed by atoms with E-state index < -0.39 is 0 Å². The van der Waals surface area contributed by atoms with Crippen molar-refractivity contribution in [2.75, 3.05) is 86.7 Å². The molecule has 4 fully saturated rings. The second kappa shape index (κ2) is 16.0. The van der Waals surface area contributed by atoms with Gasteiger partial charge in [-0.1, -0.05) is 17.3 Å². The lowest BCUT2D eigenvalue weighted by atomic mass is 9.90. The number of nitrogens with one attached hydrogen (secondary N) is 2. The zero-order valence-electron chi connectivity index (χ0n) is 31.9. The van der Waals surface area contributed by atoms with Crippen LogP contribution < -0.4 is 20.0 Å². The molecule has 9 rings (SSSR count). The predicted molar refractivity (Wildman–Crippen MR) is 221 cm³/mol. The number of hydrogen-bond acceptors (Lipinski definition) is 11. The van der Waals surface area contributed by atoms with Crippen LogP contribution >= 0.6 is 15.9 Å². The number of rotatable bonds is 9. The number of piperidine rings is 2. The molecule has 0 bridgehead atoms. The van der Waals surface area contributed by atoms with Gasteiger partial charge in [-0.25, -0.2) is 9.97 Å². The van der Waals surface area contributed by atoms with Crippen LogP contribution in [0.2, 0.25) is 0 Å². The van der Waals surface area contributed by atoms with Crippen LogP contribution in [0.15, 0.2) is 69.8 Å². The Hall–Kier alpha value is -4.79. The summed E-state index contributed by atoms with van der Waals surface area (Å²) in [5.41, 5.74) is 8.30. The van der Waals surface area contributed by atoms with Crippen molar-refractivity contribution in [1.82, 2.24) is 35.2 Å². The molecule has 4 aliphatic heterocycles. The molecule has 292 valence electrons. The number of aromatic nitrogens is 4. The summed E-state index contributed by atoms with van der Waals surface area (Å²) in [7, 11) is 0. The molecule has 0 radical (unpaired) electrons. The maximum atomic E-state index is 12.3. The van der Waals surface area contributed by atoms with Gasteiger partial charge in [-0.05, 0) is 90.0 Å². The Kier molecular flexibility index (Phi) is 10.5. The number of pyridine rings is 1. The van der Waals surface area contributed by atoms with Gasteiger partial charge in [0, 0.05) is 114 Å². The van der Waals surface area contributed by atoms with E-state index in [1.165, 1.54) is 24.2 Å². The molecule has 4 aliphatic rings. The number of imide groups is 1. The van der Waals surface area contributed by atoms with Crippen molar-refractivity contribution in [3.63, 3.8) is 0 Å². The van der Waals surface area contributed by atoms with E-state index in [2.05, 4.69) is 109 Å². The van der Waals surface area contributed by atoms with Gasteiger partial charge >= 0.3 is 0 Å². The quantitative estimate of drug-likeness (QED) is 0.181. The number of fused-ring (bicyclic) bond motifs is 1. The first-order valence-corrected chi connectivity index (χ1v) is 20.8. The van der Waals surface area contributed by atoms with Crippen molar-refractivity contribution >= 4 is 56.0 Å². The van der Waals surface area contributed by atoms with Crippen molar-refractivity contribution in [2.24, 2.45) is 5.92 Å². The molecule has 1 atom stereocenters. The average Bonchev–Trinajstić information content (AvgIpc) is 3.85. The van der Waals surface area contributed by atoms with Gasteiger partial charge in [0.25, 0.3) is 0 Å². The minimum Gasteiger partial charge on any atom is -0.372 e. The minimum absolute atomic E-state index is 0.169. The molecular formula is C42H49BrN10O3. The van der Waals surface area contributed by atoms with Gasteiger partial charge < -0.3 is 24.2 Å². The summed E-state index contributed by atoms with van der Waals surface area (Å²) in [5.74, 6) is 1.81. The van der Waals surface area contributed by atoms with Gasteiger partial charge in [0.2, 0.25) is 11.8 Å². The summed E-state index contributed by atoms with van der Waals surface area (Å²) >= 11 is 3.79. The summed E-state index contributed by atoms with van der Waals surface area (Å²) < 4.78 is 6.23. The fourth-order valence-electron chi connectivity index (χ4n) is 8.90. The summed E-state index contributed by atoms with van der Waals surface area (Å²) in [4.78, 5) is 49.5. The van der Waals surface area contributed by atoms with Crippen LogP contribution in [0.3, 0.4) is 0 Å². The standard InChI is InChI=1S/C42H49BrN10O3/c1-28-24-32(48-56-28)27-50-18-22-53(23-19-50)39-36(43)25-44-41-38(39)46-40(47-41)31-4-8-34(9-5-31)52-20-16-49(17-21-52)26-29-12-14-51(15-13-29)33-6-2-30(3-7-33)35-10-11-37(54)45-42(35)55/h2-9,24-25,29,35H,10-23,26-27H2,1H3,(H,44,46,47)(H,45,54,55)/t35-/m1/s1. The maximum absolute atomic E-state index is 12.3. The van der Waals surface area contributed by atoms with Crippen LogP contribution in [0, 0.1) is 12.8 Å². The van der Waals surface area contributed by atoms with E-state index in [9.17, 15) is 9.59 Å². The number of piperazine rings is 2. The third-order valence-electron chi connectivity index (χ3n) is 12.1. The molecule has 7 heterocycles. The molecular weight excluding hydrogens is 772 g/mol. The van der Waals surface area contributed by atoms with Crippen LogP contribution in [-0.2, 0) is 16.1 Å². The van der Waals surface area contributed by atoms with Gasteiger partial charge in [0.05, 0.1) is 21.8 Å². The number of aryl methyl sites for hydroxylation is 1. The highest BCUT2D eigenvalue weighted by atomic mass is 79.9. The highest BCUT2D eigenvalue weighted by Crippen LogP contribution is 2.35. The normalized spacial score (nSPS) is 20.6. The number of carbonyl (C=O) groups is 2. The number of aromatic amines is 1. The molecule has 5 aromatic rings. The molecule has 2 amide bonds. The molecule has 13 nitrogen and oxygen atoms in total. The van der Waals surface area contributed by atoms with E-state index in [1.807, 2.05) is 19.2 Å². The topological polar surface area (TPSA) is 130 Å². The minimum atomic E-state index is -0.231. The van der Waals surface area contributed by atoms with Gasteiger partial charge in [-0.3, -0.25) is 24.7 Å². The number of benzene rings is 2. The van der Waals surface area contributed by atoms with E-state index in [0.717, 1.165) is 128 Å². The Labute approximate surface area is 335 Å². The molecule has 56 heavy (non-hydrogen) atoms. The fourth-order valence-corrected chi connectivity index (χ4v) is 9.46. The maximum Gasteiger partial charge on any atom is 0.234 e. The first-order valence-electron chi connectivity index (χ1n) is 20.0.